The molecule has 0 bridgehead atoms. The zero-order valence-electron chi connectivity index (χ0n) is 10.8. The summed E-state index contributed by atoms with van der Waals surface area (Å²) in [6.07, 6.45) is 1.82. The maximum absolute atomic E-state index is 5.89. The largest absolute Gasteiger partial charge is 0.489 e. The summed E-state index contributed by atoms with van der Waals surface area (Å²) in [7, 11) is 0. The van der Waals surface area contributed by atoms with Gasteiger partial charge in [0, 0.05) is 17.1 Å². The highest BCUT2D eigenvalue weighted by atomic mass is 16.5. The Kier molecular flexibility index (Phi) is 3.15. The number of ether oxygens (including phenoxy) is 1. The van der Waals surface area contributed by atoms with E-state index in [0.717, 1.165) is 27.8 Å². The predicted octanol–water partition coefficient (Wildman–Crippen LogP) is 4.12. The summed E-state index contributed by atoms with van der Waals surface area (Å²) in [5, 5.41) is 1.15. The van der Waals surface area contributed by atoms with Crippen LogP contribution >= 0.6 is 0 Å². The number of para-hydroxylation sites is 2. The van der Waals surface area contributed by atoms with E-state index in [2.05, 4.69) is 36.2 Å². The van der Waals surface area contributed by atoms with Crippen molar-refractivity contribution in [3.05, 3.63) is 71.9 Å². The number of aryl methyl sites for hydroxylation is 1. The van der Waals surface area contributed by atoms with Crippen LogP contribution in [0.5, 0.6) is 5.75 Å². The van der Waals surface area contributed by atoms with Gasteiger partial charge in [-0.3, -0.25) is 4.98 Å². The molecule has 3 aromatic rings. The molecule has 1 aromatic heterocycles. The molecular formula is C17H15NO. The molecule has 0 aliphatic carbocycles. The molecule has 94 valence electrons. The van der Waals surface area contributed by atoms with Crippen molar-refractivity contribution in [2.45, 2.75) is 13.5 Å². The molecule has 1 heterocycles. The van der Waals surface area contributed by atoms with Gasteiger partial charge in [0.25, 0.3) is 0 Å². The monoisotopic (exact) mass is 249 g/mol. The highest BCUT2D eigenvalue weighted by Crippen LogP contribution is 2.21. The fraction of sp³-hybridized carbons (Fsp3) is 0.118. The number of aromatic nitrogens is 1. The number of rotatable bonds is 3. The molecule has 0 saturated carbocycles. The minimum absolute atomic E-state index is 0.541. The van der Waals surface area contributed by atoms with Gasteiger partial charge in [0.15, 0.2) is 0 Å². The second-order valence-corrected chi connectivity index (χ2v) is 4.55. The van der Waals surface area contributed by atoms with Crippen LogP contribution in [-0.4, -0.2) is 4.98 Å². The van der Waals surface area contributed by atoms with E-state index in [1.165, 1.54) is 0 Å². The van der Waals surface area contributed by atoms with Gasteiger partial charge in [-0.15, -0.1) is 0 Å². The summed E-state index contributed by atoms with van der Waals surface area (Å²) in [5.74, 6) is 0.926. The van der Waals surface area contributed by atoms with Gasteiger partial charge in [-0.2, -0.15) is 0 Å². The molecule has 0 aliphatic heterocycles. The predicted molar refractivity (Wildman–Crippen MR) is 77.3 cm³/mol. The van der Waals surface area contributed by atoms with Crippen LogP contribution in [0.25, 0.3) is 10.9 Å². The van der Waals surface area contributed by atoms with Gasteiger partial charge < -0.3 is 4.74 Å². The first-order valence-corrected chi connectivity index (χ1v) is 6.35. The fourth-order valence-corrected chi connectivity index (χ4v) is 2.16. The molecule has 0 aliphatic rings. The summed E-state index contributed by atoms with van der Waals surface area (Å²) >= 11 is 0. The third-order valence-electron chi connectivity index (χ3n) is 3.19. The van der Waals surface area contributed by atoms with Crippen LogP contribution in [0.15, 0.2) is 60.8 Å². The molecule has 2 heteroatoms. The average molecular weight is 249 g/mol. The molecular weight excluding hydrogens is 234 g/mol. The van der Waals surface area contributed by atoms with Gasteiger partial charge in [-0.25, -0.2) is 0 Å². The van der Waals surface area contributed by atoms with E-state index >= 15 is 0 Å². The third kappa shape index (κ3) is 2.43. The molecule has 0 unspecified atom stereocenters. The number of nitrogens with zero attached hydrogens (tertiary/aromatic N) is 1. The summed E-state index contributed by atoms with van der Waals surface area (Å²) in [4.78, 5) is 4.44. The second-order valence-electron chi connectivity index (χ2n) is 4.55. The van der Waals surface area contributed by atoms with Crippen molar-refractivity contribution < 1.29 is 4.74 Å². The number of fused-ring (bicyclic) bond motifs is 1. The normalized spacial score (nSPS) is 10.6. The average Bonchev–Trinajstić information content (AvgIpc) is 2.46. The molecule has 0 fully saturated rings. The van der Waals surface area contributed by atoms with E-state index in [4.69, 9.17) is 4.74 Å². The molecule has 0 radical (unpaired) electrons. The maximum atomic E-state index is 5.89. The second kappa shape index (κ2) is 5.11. The summed E-state index contributed by atoms with van der Waals surface area (Å²) in [5.41, 5.74) is 3.27. The Morgan fingerprint density at radius 2 is 1.79 bits per heavy atom. The van der Waals surface area contributed by atoms with Crippen LogP contribution in [-0.2, 0) is 6.61 Å². The molecule has 0 saturated heterocycles. The van der Waals surface area contributed by atoms with Crippen LogP contribution in [0.2, 0.25) is 0 Å². The van der Waals surface area contributed by atoms with E-state index in [9.17, 15) is 0 Å². The van der Waals surface area contributed by atoms with Gasteiger partial charge in [-0.1, -0.05) is 42.5 Å². The highest BCUT2D eigenvalue weighted by Gasteiger charge is 2.03. The lowest BCUT2D eigenvalue weighted by molar-refractivity contribution is 0.305. The van der Waals surface area contributed by atoms with E-state index in [1.54, 1.807) is 0 Å². The van der Waals surface area contributed by atoms with Crippen molar-refractivity contribution in [2.24, 2.45) is 0 Å². The molecule has 3 rings (SSSR count). The topological polar surface area (TPSA) is 22.1 Å². The number of hydrogen-bond acceptors (Lipinski definition) is 2. The Balaban J connectivity index is 1.88. The quantitative estimate of drug-likeness (QED) is 0.696. The number of benzene rings is 2. The van der Waals surface area contributed by atoms with Crippen molar-refractivity contribution in [1.82, 2.24) is 4.98 Å². The summed E-state index contributed by atoms with van der Waals surface area (Å²) in [6, 6.07) is 18.2. The minimum Gasteiger partial charge on any atom is -0.489 e. The Morgan fingerprint density at radius 1 is 0.947 bits per heavy atom. The minimum atomic E-state index is 0.541. The number of pyridine rings is 1. The van der Waals surface area contributed by atoms with Gasteiger partial charge in [-0.05, 0) is 24.6 Å². The smallest absolute Gasteiger partial charge is 0.122 e. The van der Waals surface area contributed by atoms with E-state index in [0.29, 0.717) is 6.61 Å². The molecule has 0 spiro atoms. The first kappa shape index (κ1) is 11.7. The van der Waals surface area contributed by atoms with Crippen LogP contribution in [0, 0.1) is 6.92 Å². The maximum Gasteiger partial charge on any atom is 0.122 e. The lowest BCUT2D eigenvalue weighted by Crippen LogP contribution is -1.98. The van der Waals surface area contributed by atoms with Crippen molar-refractivity contribution in [3.63, 3.8) is 0 Å². The summed E-state index contributed by atoms with van der Waals surface area (Å²) in [6.45, 7) is 2.59. The van der Waals surface area contributed by atoms with Crippen molar-refractivity contribution in [1.29, 1.82) is 0 Å². The lowest BCUT2D eigenvalue weighted by Gasteiger charge is -2.10. The molecule has 2 aromatic carbocycles. The highest BCUT2D eigenvalue weighted by molar-refractivity contribution is 5.81. The van der Waals surface area contributed by atoms with Gasteiger partial charge >= 0.3 is 0 Å². The molecule has 0 N–H and O–H groups in total. The van der Waals surface area contributed by atoms with E-state index in [-0.39, 0.29) is 0 Å². The fourth-order valence-electron chi connectivity index (χ4n) is 2.16. The van der Waals surface area contributed by atoms with Crippen molar-refractivity contribution >= 4 is 10.9 Å². The third-order valence-corrected chi connectivity index (χ3v) is 3.19. The van der Waals surface area contributed by atoms with Gasteiger partial charge in [0.1, 0.15) is 12.4 Å². The standard InChI is InChI=1S/C17H15NO/c1-13-6-2-3-10-16(13)19-12-15-8-4-7-14-9-5-11-18-17(14)15/h2-11H,12H2,1H3. The summed E-state index contributed by atoms with van der Waals surface area (Å²) < 4.78 is 5.89. The van der Waals surface area contributed by atoms with E-state index in [1.807, 2.05) is 36.5 Å². The Hall–Kier alpha value is -2.35. The number of hydrogen-bond donors (Lipinski definition) is 0. The SMILES string of the molecule is Cc1ccccc1OCc1cccc2cccnc12. The van der Waals surface area contributed by atoms with E-state index < -0.39 is 0 Å². The Morgan fingerprint density at radius 3 is 2.68 bits per heavy atom. The Labute approximate surface area is 112 Å². The first-order chi connectivity index (χ1) is 9.34. The van der Waals surface area contributed by atoms with Crippen molar-refractivity contribution in [2.75, 3.05) is 0 Å². The first-order valence-electron chi connectivity index (χ1n) is 6.35. The lowest BCUT2D eigenvalue weighted by atomic mass is 10.1. The molecule has 0 atom stereocenters. The van der Waals surface area contributed by atoms with Crippen LogP contribution in [0.4, 0.5) is 0 Å². The zero-order valence-corrected chi connectivity index (χ0v) is 10.8. The molecule has 19 heavy (non-hydrogen) atoms. The van der Waals surface area contributed by atoms with Crippen LogP contribution in [0.1, 0.15) is 11.1 Å². The van der Waals surface area contributed by atoms with Crippen LogP contribution < -0.4 is 4.74 Å². The van der Waals surface area contributed by atoms with Gasteiger partial charge in [0.05, 0.1) is 5.52 Å². The van der Waals surface area contributed by atoms with Crippen molar-refractivity contribution in [3.8, 4) is 5.75 Å². The molecule has 0 amide bonds. The zero-order chi connectivity index (χ0) is 13.1. The van der Waals surface area contributed by atoms with Gasteiger partial charge in [0.2, 0.25) is 0 Å². The van der Waals surface area contributed by atoms with Crippen LogP contribution in [0.3, 0.4) is 0 Å². The molecule has 2 nitrogen and oxygen atoms in total. The Bertz CT molecular complexity index is 701.